The van der Waals surface area contributed by atoms with Gasteiger partial charge in [-0.2, -0.15) is 0 Å². The zero-order valence-electron chi connectivity index (χ0n) is 9.26. The minimum Gasteiger partial charge on any atom is -0.394 e. The molecule has 1 aromatic carbocycles. The lowest BCUT2D eigenvalue weighted by Crippen LogP contribution is -2.20. The number of benzene rings is 1. The van der Waals surface area contributed by atoms with Gasteiger partial charge in [-0.1, -0.05) is 30.7 Å². The van der Waals surface area contributed by atoms with Crippen LogP contribution in [0.15, 0.2) is 18.2 Å². The third-order valence-corrected chi connectivity index (χ3v) is 2.94. The Morgan fingerprint density at radius 1 is 1.44 bits per heavy atom. The predicted octanol–water partition coefficient (Wildman–Crippen LogP) is 2.27. The van der Waals surface area contributed by atoms with E-state index >= 15 is 0 Å². The molecule has 0 aliphatic carbocycles. The van der Waals surface area contributed by atoms with Crippen LogP contribution in [0, 0.1) is 5.92 Å². The summed E-state index contributed by atoms with van der Waals surface area (Å²) in [4.78, 5) is 0. The number of halogens is 1. The van der Waals surface area contributed by atoms with E-state index in [1.807, 2.05) is 26.0 Å². The number of rotatable bonds is 3. The fourth-order valence-corrected chi connectivity index (χ4v) is 1.89. The smallest absolute Gasteiger partial charge is 0.113 e. The van der Waals surface area contributed by atoms with Crippen LogP contribution in [0.5, 0.6) is 0 Å². The van der Waals surface area contributed by atoms with Crippen molar-refractivity contribution in [3.8, 4) is 0 Å². The van der Waals surface area contributed by atoms with Crippen molar-refractivity contribution in [3.05, 3.63) is 23.2 Å². The van der Waals surface area contributed by atoms with Crippen LogP contribution in [-0.4, -0.2) is 26.7 Å². The molecule has 0 bridgehead atoms. The fourth-order valence-electron chi connectivity index (χ4n) is 1.72. The summed E-state index contributed by atoms with van der Waals surface area (Å²) in [7, 11) is 0. The summed E-state index contributed by atoms with van der Waals surface area (Å²) in [6.07, 6.45) is 0. The Hall–Kier alpha value is -1.13. The molecule has 1 unspecified atom stereocenters. The molecule has 2 rings (SSSR count). The zero-order valence-corrected chi connectivity index (χ0v) is 10.0. The number of nitrogens with zero attached hydrogens (tertiary/aromatic N) is 3. The number of aliphatic hydroxyl groups is 1. The van der Waals surface area contributed by atoms with Crippen molar-refractivity contribution in [1.82, 2.24) is 15.0 Å². The summed E-state index contributed by atoms with van der Waals surface area (Å²) in [5, 5.41) is 18.2. The molecule has 0 saturated carbocycles. The van der Waals surface area contributed by atoms with Crippen LogP contribution in [0.3, 0.4) is 0 Å². The minimum absolute atomic E-state index is 0.0443. The number of fused-ring (bicyclic) bond motifs is 1. The van der Waals surface area contributed by atoms with Crippen molar-refractivity contribution in [2.75, 3.05) is 6.61 Å². The SMILES string of the molecule is CC(C)C(CO)n1nnc2ccc(Cl)cc21. The topological polar surface area (TPSA) is 50.9 Å². The third kappa shape index (κ3) is 1.90. The van der Waals surface area contributed by atoms with Crippen LogP contribution in [0.2, 0.25) is 5.02 Å². The first-order valence-corrected chi connectivity index (χ1v) is 5.62. The molecular formula is C11H14ClN3O. The van der Waals surface area contributed by atoms with E-state index in [1.165, 1.54) is 0 Å². The van der Waals surface area contributed by atoms with Gasteiger partial charge >= 0.3 is 0 Å². The monoisotopic (exact) mass is 239 g/mol. The second kappa shape index (κ2) is 4.39. The Morgan fingerprint density at radius 2 is 2.19 bits per heavy atom. The molecule has 0 amide bonds. The van der Waals surface area contributed by atoms with E-state index in [9.17, 15) is 5.11 Å². The zero-order chi connectivity index (χ0) is 11.7. The molecule has 1 heterocycles. The summed E-state index contributed by atoms with van der Waals surface area (Å²) in [6.45, 7) is 4.13. The van der Waals surface area contributed by atoms with E-state index < -0.39 is 0 Å². The molecule has 0 radical (unpaired) electrons. The van der Waals surface area contributed by atoms with Crippen LogP contribution in [-0.2, 0) is 0 Å². The minimum atomic E-state index is -0.0662. The van der Waals surface area contributed by atoms with Gasteiger partial charge in [-0.15, -0.1) is 5.10 Å². The number of hydrogen-bond donors (Lipinski definition) is 1. The molecule has 86 valence electrons. The van der Waals surface area contributed by atoms with Crippen molar-refractivity contribution in [2.24, 2.45) is 5.92 Å². The molecule has 0 saturated heterocycles. The molecule has 0 aliphatic rings. The highest BCUT2D eigenvalue weighted by Crippen LogP contribution is 2.23. The standard InChI is InChI=1S/C11H14ClN3O/c1-7(2)11(6-16)15-10-5-8(12)3-4-9(10)13-14-15/h3-5,7,11,16H,6H2,1-2H3. The lowest BCUT2D eigenvalue weighted by atomic mass is 10.1. The summed E-state index contributed by atoms with van der Waals surface area (Å²) in [6, 6.07) is 5.37. The van der Waals surface area contributed by atoms with Crippen LogP contribution in [0.4, 0.5) is 0 Å². The van der Waals surface area contributed by atoms with Gasteiger partial charge in [0.25, 0.3) is 0 Å². The molecule has 5 heteroatoms. The van der Waals surface area contributed by atoms with E-state index in [2.05, 4.69) is 10.3 Å². The third-order valence-electron chi connectivity index (χ3n) is 2.70. The molecular weight excluding hydrogens is 226 g/mol. The van der Waals surface area contributed by atoms with Crippen molar-refractivity contribution in [2.45, 2.75) is 19.9 Å². The molecule has 0 fully saturated rings. The van der Waals surface area contributed by atoms with E-state index in [0.29, 0.717) is 5.02 Å². The molecule has 4 nitrogen and oxygen atoms in total. The van der Waals surface area contributed by atoms with Gasteiger partial charge in [0, 0.05) is 5.02 Å². The van der Waals surface area contributed by atoms with Gasteiger partial charge in [-0.3, -0.25) is 0 Å². The van der Waals surface area contributed by atoms with Gasteiger partial charge in [0.15, 0.2) is 0 Å². The van der Waals surface area contributed by atoms with Crippen molar-refractivity contribution in [3.63, 3.8) is 0 Å². The van der Waals surface area contributed by atoms with E-state index in [-0.39, 0.29) is 18.6 Å². The molecule has 16 heavy (non-hydrogen) atoms. The van der Waals surface area contributed by atoms with E-state index in [0.717, 1.165) is 11.0 Å². The molecule has 1 aromatic heterocycles. The lowest BCUT2D eigenvalue weighted by Gasteiger charge is -2.18. The number of hydrogen-bond acceptors (Lipinski definition) is 3. The maximum atomic E-state index is 9.38. The second-order valence-electron chi connectivity index (χ2n) is 4.16. The quantitative estimate of drug-likeness (QED) is 0.894. The van der Waals surface area contributed by atoms with Crippen molar-refractivity contribution >= 4 is 22.6 Å². The van der Waals surface area contributed by atoms with Gasteiger partial charge in [-0.05, 0) is 24.1 Å². The number of aliphatic hydroxyl groups excluding tert-OH is 1. The molecule has 0 aliphatic heterocycles. The van der Waals surface area contributed by atoms with Gasteiger partial charge in [0.2, 0.25) is 0 Å². The van der Waals surface area contributed by atoms with E-state index in [4.69, 9.17) is 11.6 Å². The summed E-state index contributed by atoms with van der Waals surface area (Å²) < 4.78 is 1.74. The largest absolute Gasteiger partial charge is 0.394 e. The van der Waals surface area contributed by atoms with Gasteiger partial charge in [-0.25, -0.2) is 4.68 Å². The Bertz CT molecular complexity index is 495. The van der Waals surface area contributed by atoms with Gasteiger partial charge in [0.1, 0.15) is 5.52 Å². The highest BCUT2D eigenvalue weighted by molar-refractivity contribution is 6.31. The first kappa shape index (κ1) is 11.4. The maximum Gasteiger partial charge on any atom is 0.113 e. The Morgan fingerprint density at radius 3 is 2.81 bits per heavy atom. The second-order valence-corrected chi connectivity index (χ2v) is 4.60. The first-order chi connectivity index (χ1) is 7.63. The normalized spacial score (nSPS) is 13.6. The number of aromatic nitrogens is 3. The van der Waals surface area contributed by atoms with Crippen LogP contribution < -0.4 is 0 Å². The van der Waals surface area contributed by atoms with Gasteiger partial charge in [0.05, 0.1) is 18.2 Å². The summed E-state index contributed by atoms with van der Waals surface area (Å²) >= 11 is 5.94. The Balaban J connectivity index is 2.55. The Labute approximate surface area is 98.8 Å². The van der Waals surface area contributed by atoms with Crippen molar-refractivity contribution in [1.29, 1.82) is 0 Å². The van der Waals surface area contributed by atoms with Gasteiger partial charge < -0.3 is 5.11 Å². The van der Waals surface area contributed by atoms with Crippen molar-refractivity contribution < 1.29 is 5.11 Å². The molecule has 0 spiro atoms. The Kier molecular flexibility index (Phi) is 3.12. The van der Waals surface area contributed by atoms with E-state index in [1.54, 1.807) is 10.7 Å². The lowest BCUT2D eigenvalue weighted by molar-refractivity contribution is 0.184. The fraction of sp³-hybridized carbons (Fsp3) is 0.455. The summed E-state index contributed by atoms with van der Waals surface area (Å²) in [5.41, 5.74) is 1.66. The average Bonchev–Trinajstić information content (AvgIpc) is 2.62. The summed E-state index contributed by atoms with van der Waals surface area (Å²) in [5.74, 6) is 0.286. The maximum absolute atomic E-state index is 9.38. The highest BCUT2D eigenvalue weighted by Gasteiger charge is 2.18. The van der Waals surface area contributed by atoms with Crippen LogP contribution in [0.25, 0.3) is 11.0 Å². The van der Waals surface area contributed by atoms with Crippen LogP contribution >= 0.6 is 11.6 Å². The first-order valence-electron chi connectivity index (χ1n) is 5.24. The highest BCUT2D eigenvalue weighted by atomic mass is 35.5. The van der Waals surface area contributed by atoms with Crippen LogP contribution in [0.1, 0.15) is 19.9 Å². The molecule has 2 aromatic rings. The average molecular weight is 240 g/mol. The molecule has 1 N–H and O–H groups in total. The predicted molar refractivity (Wildman–Crippen MR) is 63.5 cm³/mol. The molecule has 1 atom stereocenters.